The van der Waals surface area contributed by atoms with E-state index in [-0.39, 0.29) is 0 Å². The zero-order valence-corrected chi connectivity index (χ0v) is 88.0. The molecule has 17 aromatic carbocycles. The molecule has 0 aromatic heterocycles. The third kappa shape index (κ3) is 38.6. The van der Waals surface area contributed by atoms with E-state index in [0.29, 0.717) is 0 Å². The Labute approximate surface area is 797 Å². The van der Waals surface area contributed by atoms with E-state index in [4.69, 9.17) is 0 Å². The molecule has 0 bridgehead atoms. The number of fused-ring (bicyclic) bond motifs is 4. The molecule has 17 aromatic rings. The highest BCUT2D eigenvalue weighted by atomic mass is 14.2. The summed E-state index contributed by atoms with van der Waals surface area (Å²) in [7, 11) is 0. The fourth-order valence-corrected chi connectivity index (χ4v) is 13.6. The van der Waals surface area contributed by atoms with Crippen LogP contribution in [-0.2, 0) is 0 Å². The fraction of sp³-hybridized carbons (Fsp3) is 0.277. The molecule has 692 valence electrons. The molecular formula is C130H172. The van der Waals surface area contributed by atoms with Gasteiger partial charge in [-0.15, -0.1) is 0 Å². The molecule has 0 N–H and O–H groups in total. The van der Waals surface area contributed by atoms with Gasteiger partial charge < -0.3 is 0 Å². The van der Waals surface area contributed by atoms with Crippen LogP contribution in [0.4, 0.5) is 0 Å². The van der Waals surface area contributed by atoms with E-state index in [1.807, 2.05) is 228 Å². The molecule has 0 amide bonds. The molecule has 0 unspecified atom stereocenters. The van der Waals surface area contributed by atoms with E-state index in [2.05, 4.69) is 410 Å². The molecule has 0 saturated heterocycles. The lowest BCUT2D eigenvalue weighted by atomic mass is 9.85. The zero-order chi connectivity index (χ0) is 98.6. The molecule has 0 atom stereocenters. The van der Waals surface area contributed by atoms with Crippen molar-refractivity contribution in [1.82, 2.24) is 0 Å². The number of hydrogen-bond donors (Lipinski definition) is 0. The molecule has 0 aliphatic heterocycles. The standard InChI is InChI=1S/C33H24.2C23H18.C19H16.16C2H6/c1-23-11-9-14-25(21-23)26-15-10-16-27(22-26)33-30-19-7-5-17-28(30)32(24-12-3-2-4-13-24)29-18-6-8-20-31(29)33;1-17-7-4-10-19(15-17)20-11-5-12-21(16-20)23-14-6-9-18-8-2-3-13-22(18)23;1-17-6-4-9-19(14-17)21-10-5-11-22(16-21)23-13-12-18-7-2-3-8-20(18)15-23;1-15-7-5-10-17(13-15)19-12-6-11-18(14-19)16-8-3-2-4-9-16;16*1-2/h2-22H,1H3;2*2-16H,1H3;2-14H,1H3;16*1-2H3. The second kappa shape index (κ2) is 77.9. The van der Waals surface area contributed by atoms with Crippen molar-refractivity contribution < 1.29 is 0 Å². The second-order valence-electron chi connectivity index (χ2n) is 25.5. The lowest BCUT2D eigenvalue weighted by Crippen LogP contribution is -1.91. The van der Waals surface area contributed by atoms with Crippen LogP contribution in [0.3, 0.4) is 0 Å². The molecule has 0 spiro atoms. The Morgan fingerprint density at radius 3 is 0.638 bits per heavy atom. The molecule has 0 saturated carbocycles. The first-order valence-electron chi connectivity index (χ1n) is 49.9. The molecule has 0 heteroatoms. The predicted molar refractivity (Wildman–Crippen MR) is 605 cm³/mol. The highest BCUT2D eigenvalue weighted by molar-refractivity contribution is 6.21. The van der Waals surface area contributed by atoms with Gasteiger partial charge in [-0.25, -0.2) is 0 Å². The van der Waals surface area contributed by atoms with Crippen LogP contribution in [0.2, 0.25) is 0 Å². The van der Waals surface area contributed by atoms with Gasteiger partial charge in [-0.2, -0.15) is 0 Å². The first kappa shape index (κ1) is 122. The van der Waals surface area contributed by atoms with Crippen LogP contribution >= 0.6 is 0 Å². The van der Waals surface area contributed by atoms with Crippen LogP contribution in [0.5, 0.6) is 0 Å². The third-order valence-electron chi connectivity index (χ3n) is 18.4. The van der Waals surface area contributed by atoms with Gasteiger partial charge in [0.25, 0.3) is 0 Å². The molecule has 0 fully saturated rings. The summed E-state index contributed by atoms with van der Waals surface area (Å²) in [5.41, 5.74) is 28.0. The summed E-state index contributed by atoms with van der Waals surface area (Å²) < 4.78 is 0. The van der Waals surface area contributed by atoms with Crippen LogP contribution in [-0.4, -0.2) is 0 Å². The first-order chi connectivity index (χ1) is 64.2. The van der Waals surface area contributed by atoms with Gasteiger partial charge in [-0.05, 0) is 201 Å². The van der Waals surface area contributed by atoms with Gasteiger partial charge in [0, 0.05) is 0 Å². The molecule has 0 aliphatic carbocycles. The van der Waals surface area contributed by atoms with Crippen LogP contribution < -0.4 is 0 Å². The number of rotatable bonds is 9. The average Bonchev–Trinajstić information content (AvgIpc) is 0.734. The Kier molecular flexibility index (Phi) is 73.0. The maximum Gasteiger partial charge on any atom is -0.00262 e. The molecule has 0 nitrogen and oxygen atoms in total. The fourth-order valence-electron chi connectivity index (χ4n) is 13.6. The Bertz CT molecular complexity index is 5550. The van der Waals surface area contributed by atoms with Gasteiger partial charge in [0.15, 0.2) is 0 Å². The summed E-state index contributed by atoms with van der Waals surface area (Å²) in [6.07, 6.45) is 0. The van der Waals surface area contributed by atoms with E-state index in [1.54, 1.807) is 0 Å². The van der Waals surface area contributed by atoms with Crippen molar-refractivity contribution >= 4 is 43.1 Å². The van der Waals surface area contributed by atoms with Crippen molar-refractivity contribution in [2.45, 2.75) is 249 Å². The third-order valence-corrected chi connectivity index (χ3v) is 18.4. The number of aryl methyl sites for hydroxylation is 4. The molecule has 17 rings (SSSR count). The molecular weight excluding hydrogens is 1560 g/mol. The molecule has 130 heavy (non-hydrogen) atoms. The van der Waals surface area contributed by atoms with Crippen molar-refractivity contribution in [2.24, 2.45) is 0 Å². The lowest BCUT2D eigenvalue weighted by molar-refractivity contribution is 1.47. The largest absolute Gasteiger partial charge is 0.0683 e. The Morgan fingerprint density at radius 1 is 0.108 bits per heavy atom. The van der Waals surface area contributed by atoms with Crippen molar-refractivity contribution in [3.05, 3.63) is 411 Å². The highest BCUT2D eigenvalue weighted by Gasteiger charge is 2.17. The second-order valence-corrected chi connectivity index (χ2v) is 25.5. The van der Waals surface area contributed by atoms with Crippen LogP contribution in [0, 0.1) is 27.7 Å². The molecule has 0 radical (unpaired) electrons. The maximum atomic E-state index is 2.34. The Hall–Kier alpha value is -12.2. The smallest absolute Gasteiger partial charge is 0.00262 e. The number of benzene rings is 17. The molecule has 0 aliphatic rings. The van der Waals surface area contributed by atoms with Gasteiger partial charge >= 0.3 is 0 Å². The summed E-state index contributed by atoms with van der Waals surface area (Å²) in [5, 5.41) is 10.3. The van der Waals surface area contributed by atoms with E-state index in [9.17, 15) is 0 Å². The summed E-state index contributed by atoms with van der Waals surface area (Å²) in [6, 6.07) is 139. The first-order valence-corrected chi connectivity index (χ1v) is 49.9. The van der Waals surface area contributed by atoms with Gasteiger partial charge in [0.05, 0.1) is 0 Å². The van der Waals surface area contributed by atoms with Crippen molar-refractivity contribution in [3.8, 4) is 100 Å². The van der Waals surface area contributed by atoms with E-state index in [1.165, 1.54) is 165 Å². The Balaban J connectivity index is -0.00000151. The minimum atomic E-state index is 1.25. The van der Waals surface area contributed by atoms with Gasteiger partial charge in [-0.1, -0.05) is 602 Å². The topological polar surface area (TPSA) is 0 Å². The lowest BCUT2D eigenvalue weighted by Gasteiger charge is -2.18. The maximum absolute atomic E-state index is 2.34. The van der Waals surface area contributed by atoms with E-state index < -0.39 is 0 Å². The van der Waals surface area contributed by atoms with Crippen LogP contribution in [0.25, 0.3) is 143 Å². The molecule has 0 heterocycles. The zero-order valence-electron chi connectivity index (χ0n) is 88.0. The summed E-state index contributed by atoms with van der Waals surface area (Å²) in [6.45, 7) is 72.6. The van der Waals surface area contributed by atoms with Crippen LogP contribution in [0.15, 0.2) is 388 Å². The Morgan fingerprint density at radius 2 is 0.308 bits per heavy atom. The predicted octanol–water partition coefficient (Wildman–Crippen LogP) is 44.0. The minimum Gasteiger partial charge on any atom is -0.0683 e. The quantitative estimate of drug-likeness (QED) is 0.126. The van der Waals surface area contributed by atoms with Crippen molar-refractivity contribution in [1.29, 1.82) is 0 Å². The average molecular weight is 1730 g/mol. The van der Waals surface area contributed by atoms with E-state index in [0.717, 1.165) is 0 Å². The van der Waals surface area contributed by atoms with Crippen molar-refractivity contribution in [2.75, 3.05) is 0 Å². The highest BCUT2D eigenvalue weighted by Crippen LogP contribution is 2.45. The SMILES string of the molecule is CC.CC.CC.CC.CC.CC.CC.CC.CC.CC.CC.CC.CC.CC.CC.CC.Cc1cccc(-c2cccc(-c3c4ccccc4c(-c4ccccc4)c4ccccc34)c2)c1.Cc1cccc(-c2cccc(-c3ccc4ccccc4c3)c2)c1.Cc1cccc(-c2cccc(-c3cccc4ccccc34)c2)c1.Cc1cccc(-c2cccc(-c3ccccc3)c2)c1. The van der Waals surface area contributed by atoms with Gasteiger partial charge in [-0.3, -0.25) is 0 Å². The van der Waals surface area contributed by atoms with Gasteiger partial charge in [0.2, 0.25) is 0 Å². The monoisotopic (exact) mass is 1730 g/mol. The normalized spacial score (nSPS) is 8.92. The summed E-state index contributed by atoms with van der Waals surface area (Å²) >= 11 is 0. The van der Waals surface area contributed by atoms with Gasteiger partial charge in [0.1, 0.15) is 0 Å². The van der Waals surface area contributed by atoms with E-state index >= 15 is 0 Å². The summed E-state index contributed by atoms with van der Waals surface area (Å²) in [5.74, 6) is 0. The number of hydrogen-bond acceptors (Lipinski definition) is 0. The van der Waals surface area contributed by atoms with Crippen LogP contribution in [0.1, 0.15) is 244 Å². The minimum absolute atomic E-state index is 1.25. The van der Waals surface area contributed by atoms with Crippen molar-refractivity contribution in [3.63, 3.8) is 0 Å². The summed E-state index contributed by atoms with van der Waals surface area (Å²) in [4.78, 5) is 0.